The molecular formula is C19H24N4O2S. The zero-order valence-electron chi connectivity index (χ0n) is 14.7. The molecule has 0 saturated carbocycles. The van der Waals surface area contributed by atoms with Gasteiger partial charge in [0.05, 0.1) is 11.9 Å². The van der Waals surface area contributed by atoms with Crippen LogP contribution >= 0.6 is 11.3 Å². The first kappa shape index (κ1) is 18.4. The van der Waals surface area contributed by atoms with Gasteiger partial charge in [0.15, 0.2) is 0 Å². The molecule has 7 heteroatoms. The summed E-state index contributed by atoms with van der Waals surface area (Å²) in [7, 11) is 0. The van der Waals surface area contributed by atoms with E-state index in [-0.39, 0.29) is 11.8 Å². The second-order valence-electron chi connectivity index (χ2n) is 6.37. The second kappa shape index (κ2) is 9.33. The Morgan fingerprint density at radius 1 is 1.15 bits per heavy atom. The van der Waals surface area contributed by atoms with Gasteiger partial charge in [-0.15, -0.1) is 0 Å². The fraction of sp³-hybridized carbons (Fsp3) is 0.421. The third kappa shape index (κ3) is 5.29. The minimum absolute atomic E-state index is 0.0673. The summed E-state index contributed by atoms with van der Waals surface area (Å²) in [4.78, 5) is 30.5. The first-order valence-corrected chi connectivity index (χ1v) is 9.98. The molecule has 1 saturated heterocycles. The molecule has 0 atom stereocenters. The molecule has 0 spiro atoms. The number of hydrogen-bond acceptors (Lipinski definition) is 5. The van der Waals surface area contributed by atoms with E-state index in [4.69, 9.17) is 0 Å². The molecule has 2 amide bonds. The van der Waals surface area contributed by atoms with Crippen molar-refractivity contribution in [2.45, 2.75) is 32.1 Å². The molecule has 3 heterocycles. The number of amides is 2. The quantitative estimate of drug-likeness (QED) is 0.732. The monoisotopic (exact) mass is 372 g/mol. The van der Waals surface area contributed by atoms with E-state index in [2.05, 4.69) is 20.5 Å². The van der Waals surface area contributed by atoms with E-state index < -0.39 is 0 Å². The maximum atomic E-state index is 12.0. The van der Waals surface area contributed by atoms with Gasteiger partial charge in [-0.1, -0.05) is 0 Å². The van der Waals surface area contributed by atoms with Crippen molar-refractivity contribution >= 4 is 34.7 Å². The van der Waals surface area contributed by atoms with Crippen molar-refractivity contribution in [1.82, 2.24) is 10.3 Å². The molecule has 1 aliphatic rings. The Morgan fingerprint density at radius 3 is 2.69 bits per heavy atom. The van der Waals surface area contributed by atoms with Crippen LogP contribution in [0.4, 0.5) is 11.5 Å². The van der Waals surface area contributed by atoms with E-state index in [0.29, 0.717) is 30.6 Å². The van der Waals surface area contributed by atoms with Gasteiger partial charge in [-0.05, 0) is 49.3 Å². The lowest BCUT2D eigenvalue weighted by molar-refractivity contribution is -0.116. The zero-order valence-corrected chi connectivity index (χ0v) is 15.6. The summed E-state index contributed by atoms with van der Waals surface area (Å²) < 4.78 is 0. The van der Waals surface area contributed by atoms with E-state index in [1.54, 1.807) is 12.3 Å². The Bertz CT molecular complexity index is 710. The molecule has 1 fully saturated rings. The van der Waals surface area contributed by atoms with Gasteiger partial charge in [0.2, 0.25) is 5.91 Å². The second-order valence-corrected chi connectivity index (χ2v) is 7.15. The fourth-order valence-electron chi connectivity index (χ4n) is 2.94. The number of hydrogen-bond donors (Lipinski definition) is 2. The first-order chi connectivity index (χ1) is 12.7. The Labute approximate surface area is 157 Å². The maximum Gasteiger partial charge on any atom is 0.252 e. The first-order valence-electron chi connectivity index (χ1n) is 9.03. The number of pyridine rings is 1. The molecule has 0 unspecified atom stereocenters. The molecule has 0 bridgehead atoms. The molecule has 26 heavy (non-hydrogen) atoms. The lowest BCUT2D eigenvalue weighted by Crippen LogP contribution is -2.30. The SMILES string of the molecule is O=C(CCCNC(=O)c1ccsc1)Nc1ccc(N2CCCCC2)nc1. The molecule has 2 aromatic heterocycles. The van der Waals surface area contributed by atoms with Crippen molar-refractivity contribution in [1.29, 1.82) is 0 Å². The van der Waals surface area contributed by atoms with Crippen molar-refractivity contribution in [2.24, 2.45) is 0 Å². The van der Waals surface area contributed by atoms with Crippen LogP contribution in [0, 0.1) is 0 Å². The van der Waals surface area contributed by atoms with Crippen LogP contribution in [0.25, 0.3) is 0 Å². The lowest BCUT2D eigenvalue weighted by atomic mass is 10.1. The number of aromatic nitrogens is 1. The fourth-order valence-corrected chi connectivity index (χ4v) is 3.58. The predicted molar refractivity (Wildman–Crippen MR) is 105 cm³/mol. The van der Waals surface area contributed by atoms with E-state index in [1.807, 2.05) is 22.9 Å². The van der Waals surface area contributed by atoms with Crippen LogP contribution in [0.15, 0.2) is 35.2 Å². The molecule has 0 aromatic carbocycles. The average Bonchev–Trinajstić information content (AvgIpc) is 3.21. The van der Waals surface area contributed by atoms with Crippen molar-refractivity contribution in [3.05, 3.63) is 40.7 Å². The molecule has 1 aliphatic heterocycles. The molecule has 2 aromatic rings. The van der Waals surface area contributed by atoms with Crippen LogP contribution in [0.5, 0.6) is 0 Å². The van der Waals surface area contributed by atoms with Crippen LogP contribution in [-0.4, -0.2) is 36.4 Å². The summed E-state index contributed by atoms with van der Waals surface area (Å²) in [5.41, 5.74) is 1.37. The number of piperidine rings is 1. The highest BCUT2D eigenvalue weighted by Gasteiger charge is 2.12. The van der Waals surface area contributed by atoms with Crippen LogP contribution in [0.3, 0.4) is 0 Å². The molecule has 0 aliphatic carbocycles. The highest BCUT2D eigenvalue weighted by Crippen LogP contribution is 2.19. The standard InChI is InChI=1S/C19H24N4O2S/c24-18(5-4-9-20-19(25)15-8-12-26-14-15)22-16-6-7-17(21-13-16)23-10-2-1-3-11-23/h6-8,12-14H,1-5,9-11H2,(H,20,25)(H,22,24). The van der Waals surface area contributed by atoms with Gasteiger partial charge in [0.25, 0.3) is 5.91 Å². The summed E-state index contributed by atoms with van der Waals surface area (Å²) in [6.45, 7) is 2.58. The van der Waals surface area contributed by atoms with Gasteiger partial charge in [0, 0.05) is 37.0 Å². The minimum atomic E-state index is -0.0934. The average molecular weight is 372 g/mol. The molecule has 138 valence electrons. The Morgan fingerprint density at radius 2 is 2.00 bits per heavy atom. The van der Waals surface area contributed by atoms with Gasteiger partial charge in [-0.25, -0.2) is 4.98 Å². The molecule has 3 rings (SSSR count). The summed E-state index contributed by atoms with van der Waals surface area (Å²) in [6.07, 6.45) is 6.38. The highest BCUT2D eigenvalue weighted by atomic mass is 32.1. The third-order valence-corrected chi connectivity index (χ3v) is 5.04. The van der Waals surface area contributed by atoms with Crippen LogP contribution in [-0.2, 0) is 4.79 Å². The largest absolute Gasteiger partial charge is 0.357 e. The molecule has 0 radical (unpaired) electrons. The Kier molecular flexibility index (Phi) is 6.60. The number of thiophene rings is 1. The number of anilines is 2. The van der Waals surface area contributed by atoms with Crippen molar-refractivity contribution < 1.29 is 9.59 Å². The normalized spacial score (nSPS) is 14.1. The van der Waals surface area contributed by atoms with Crippen LogP contribution in [0.2, 0.25) is 0 Å². The number of rotatable bonds is 7. The van der Waals surface area contributed by atoms with Gasteiger partial charge in [0.1, 0.15) is 5.82 Å². The highest BCUT2D eigenvalue weighted by molar-refractivity contribution is 7.08. The zero-order chi connectivity index (χ0) is 18.2. The van der Waals surface area contributed by atoms with Crippen molar-refractivity contribution in [3.63, 3.8) is 0 Å². The van der Waals surface area contributed by atoms with E-state index in [9.17, 15) is 9.59 Å². The molecule has 6 nitrogen and oxygen atoms in total. The number of carbonyl (C=O) groups excluding carboxylic acids is 2. The van der Waals surface area contributed by atoms with Gasteiger partial charge >= 0.3 is 0 Å². The predicted octanol–water partition coefficient (Wildman–Crippen LogP) is 3.28. The Balaban J connectivity index is 1.37. The van der Waals surface area contributed by atoms with Crippen molar-refractivity contribution in [2.75, 3.05) is 29.9 Å². The number of nitrogens with zero attached hydrogens (tertiary/aromatic N) is 2. The molecular weight excluding hydrogens is 348 g/mol. The van der Waals surface area contributed by atoms with E-state index >= 15 is 0 Å². The van der Waals surface area contributed by atoms with E-state index in [0.717, 1.165) is 18.9 Å². The lowest BCUT2D eigenvalue weighted by Gasteiger charge is -2.27. The Hall–Kier alpha value is -2.41. The summed E-state index contributed by atoms with van der Waals surface area (Å²) >= 11 is 1.49. The summed E-state index contributed by atoms with van der Waals surface area (Å²) in [5, 5.41) is 9.35. The number of carbonyl (C=O) groups is 2. The summed E-state index contributed by atoms with van der Waals surface area (Å²) in [6, 6.07) is 5.64. The van der Waals surface area contributed by atoms with E-state index in [1.165, 1.54) is 30.6 Å². The number of nitrogens with one attached hydrogen (secondary N) is 2. The van der Waals surface area contributed by atoms with Crippen molar-refractivity contribution in [3.8, 4) is 0 Å². The van der Waals surface area contributed by atoms with Gasteiger partial charge in [-0.3, -0.25) is 9.59 Å². The van der Waals surface area contributed by atoms with Gasteiger partial charge < -0.3 is 15.5 Å². The summed E-state index contributed by atoms with van der Waals surface area (Å²) in [5.74, 6) is 0.810. The van der Waals surface area contributed by atoms with Crippen LogP contribution < -0.4 is 15.5 Å². The smallest absolute Gasteiger partial charge is 0.252 e. The maximum absolute atomic E-state index is 12.0. The minimum Gasteiger partial charge on any atom is -0.357 e. The third-order valence-electron chi connectivity index (χ3n) is 4.36. The topological polar surface area (TPSA) is 74.3 Å². The molecule has 2 N–H and O–H groups in total. The van der Waals surface area contributed by atoms with Gasteiger partial charge in [-0.2, -0.15) is 11.3 Å². The van der Waals surface area contributed by atoms with Crippen LogP contribution in [0.1, 0.15) is 42.5 Å².